The van der Waals surface area contributed by atoms with Crippen LogP contribution in [0.5, 0.6) is 0 Å². The van der Waals surface area contributed by atoms with E-state index >= 15 is 0 Å². The van der Waals surface area contributed by atoms with Gasteiger partial charge >= 0.3 is 0 Å². The van der Waals surface area contributed by atoms with E-state index < -0.39 is 0 Å². The van der Waals surface area contributed by atoms with E-state index in [4.69, 9.17) is 0 Å². The molecule has 3 heteroatoms. The van der Waals surface area contributed by atoms with Gasteiger partial charge in [0, 0.05) is 12.6 Å². The molecule has 0 bridgehead atoms. The molecule has 0 aliphatic carbocycles. The van der Waals surface area contributed by atoms with Crippen LogP contribution in [0.2, 0.25) is 0 Å². The van der Waals surface area contributed by atoms with Gasteiger partial charge in [-0.3, -0.25) is 4.79 Å². The number of halogens is 1. The van der Waals surface area contributed by atoms with Crippen molar-refractivity contribution in [2.24, 2.45) is 0 Å². The van der Waals surface area contributed by atoms with Gasteiger partial charge in [0.2, 0.25) is 5.91 Å². The molecule has 1 heterocycles. The average Bonchev–Trinajstić information content (AvgIpc) is 2.16. The largest absolute Gasteiger partial charge is 0.339 e. The minimum Gasteiger partial charge on any atom is -0.339 e. The number of carbonyl (C=O) groups excluding carboxylic acids is 1. The third kappa shape index (κ3) is 2.70. The summed E-state index contributed by atoms with van der Waals surface area (Å²) in [7, 11) is 0. The Balaban J connectivity index is 2.53. The fourth-order valence-corrected chi connectivity index (χ4v) is 2.04. The lowest BCUT2D eigenvalue weighted by atomic mass is 10.0. The number of piperidine rings is 1. The zero-order valence-electron chi connectivity index (χ0n) is 8.42. The molecule has 0 saturated carbocycles. The Kier molecular flexibility index (Phi) is 4.23. The summed E-state index contributed by atoms with van der Waals surface area (Å²) in [4.78, 5) is 13.9. The molecule has 0 radical (unpaired) electrons. The van der Waals surface area contributed by atoms with Crippen LogP contribution < -0.4 is 0 Å². The molecular weight excluding hydrogens is 230 g/mol. The number of carbonyl (C=O) groups is 1. The third-order valence-electron chi connectivity index (χ3n) is 2.71. The van der Waals surface area contributed by atoms with Crippen molar-refractivity contribution in [1.29, 1.82) is 0 Å². The second-order valence-corrected chi connectivity index (χ2v) is 4.86. The molecular formula is C10H18BrNO. The number of nitrogens with zero attached hydrogens (tertiary/aromatic N) is 1. The van der Waals surface area contributed by atoms with E-state index in [0.29, 0.717) is 6.04 Å². The highest BCUT2D eigenvalue weighted by atomic mass is 79.9. The first kappa shape index (κ1) is 11.0. The summed E-state index contributed by atoms with van der Waals surface area (Å²) in [5.74, 6) is 0.273. The zero-order valence-corrected chi connectivity index (χ0v) is 10.0. The fourth-order valence-electron chi connectivity index (χ4n) is 1.78. The average molecular weight is 248 g/mol. The van der Waals surface area contributed by atoms with Gasteiger partial charge in [-0.2, -0.15) is 0 Å². The van der Waals surface area contributed by atoms with Crippen LogP contribution in [0.3, 0.4) is 0 Å². The summed E-state index contributed by atoms with van der Waals surface area (Å²) in [6.45, 7) is 5.13. The minimum absolute atomic E-state index is 0.0213. The van der Waals surface area contributed by atoms with Crippen molar-refractivity contribution in [2.45, 2.75) is 50.4 Å². The van der Waals surface area contributed by atoms with Crippen LogP contribution >= 0.6 is 15.9 Å². The molecule has 1 fully saturated rings. The monoisotopic (exact) mass is 247 g/mol. The Bertz CT molecular complexity index is 184. The van der Waals surface area contributed by atoms with Crippen LogP contribution in [0.4, 0.5) is 0 Å². The van der Waals surface area contributed by atoms with Crippen LogP contribution in [0.25, 0.3) is 0 Å². The van der Waals surface area contributed by atoms with Crippen molar-refractivity contribution in [3.8, 4) is 0 Å². The fraction of sp³-hybridized carbons (Fsp3) is 0.900. The van der Waals surface area contributed by atoms with E-state index in [-0.39, 0.29) is 10.7 Å². The molecule has 13 heavy (non-hydrogen) atoms. The highest BCUT2D eigenvalue weighted by Gasteiger charge is 2.26. The lowest BCUT2D eigenvalue weighted by molar-refractivity contribution is -0.133. The Morgan fingerprint density at radius 1 is 1.62 bits per heavy atom. The molecule has 1 saturated heterocycles. The smallest absolute Gasteiger partial charge is 0.236 e. The Hall–Kier alpha value is -0.0500. The van der Waals surface area contributed by atoms with E-state index in [9.17, 15) is 4.79 Å². The second-order valence-electron chi connectivity index (χ2n) is 3.75. The molecule has 0 aromatic carbocycles. The summed E-state index contributed by atoms with van der Waals surface area (Å²) < 4.78 is 0. The molecule has 1 rings (SSSR count). The van der Waals surface area contributed by atoms with Crippen LogP contribution in [-0.2, 0) is 4.79 Å². The SMILES string of the molecule is CC[C@@H](Br)C(=O)N1CCCC[C@@H]1C. The quantitative estimate of drug-likeness (QED) is 0.688. The highest BCUT2D eigenvalue weighted by molar-refractivity contribution is 9.10. The van der Waals surface area contributed by atoms with Gasteiger partial charge in [-0.1, -0.05) is 22.9 Å². The van der Waals surface area contributed by atoms with Crippen molar-refractivity contribution in [2.75, 3.05) is 6.54 Å². The highest BCUT2D eigenvalue weighted by Crippen LogP contribution is 2.20. The topological polar surface area (TPSA) is 20.3 Å². The maximum Gasteiger partial charge on any atom is 0.236 e. The summed E-state index contributed by atoms with van der Waals surface area (Å²) in [6, 6.07) is 0.438. The van der Waals surface area contributed by atoms with Crippen LogP contribution in [0.15, 0.2) is 0 Å². The minimum atomic E-state index is 0.0213. The molecule has 2 nitrogen and oxygen atoms in total. The standard InChI is InChI=1S/C10H18BrNO/c1-3-9(11)10(13)12-7-5-4-6-8(12)2/h8-9H,3-7H2,1-2H3/t8-,9+/m0/s1. The van der Waals surface area contributed by atoms with E-state index in [2.05, 4.69) is 22.9 Å². The van der Waals surface area contributed by atoms with Gasteiger partial charge in [0.05, 0.1) is 4.83 Å². The number of likely N-dealkylation sites (tertiary alicyclic amines) is 1. The Morgan fingerprint density at radius 3 is 2.85 bits per heavy atom. The van der Waals surface area contributed by atoms with Gasteiger partial charge in [-0.05, 0) is 32.6 Å². The number of alkyl halides is 1. The maximum absolute atomic E-state index is 11.8. The van der Waals surface area contributed by atoms with E-state index in [0.717, 1.165) is 19.4 Å². The third-order valence-corrected chi connectivity index (χ3v) is 3.75. The van der Waals surface area contributed by atoms with Gasteiger partial charge in [0.15, 0.2) is 0 Å². The first-order chi connectivity index (χ1) is 6.16. The number of hydrogen-bond donors (Lipinski definition) is 0. The lowest BCUT2D eigenvalue weighted by Gasteiger charge is -2.34. The van der Waals surface area contributed by atoms with Crippen molar-refractivity contribution in [3.05, 3.63) is 0 Å². The maximum atomic E-state index is 11.8. The van der Waals surface area contributed by atoms with Gasteiger partial charge < -0.3 is 4.90 Å². The van der Waals surface area contributed by atoms with Crippen LogP contribution in [0, 0.1) is 0 Å². The summed E-state index contributed by atoms with van der Waals surface area (Å²) >= 11 is 3.41. The molecule has 0 N–H and O–H groups in total. The number of hydrogen-bond acceptors (Lipinski definition) is 1. The molecule has 1 aliphatic heterocycles. The Labute approximate surface area is 88.8 Å². The summed E-state index contributed by atoms with van der Waals surface area (Å²) in [5.41, 5.74) is 0. The van der Waals surface area contributed by atoms with Crippen molar-refractivity contribution in [1.82, 2.24) is 4.90 Å². The molecule has 1 amide bonds. The first-order valence-electron chi connectivity index (χ1n) is 5.11. The van der Waals surface area contributed by atoms with Crippen molar-refractivity contribution < 1.29 is 4.79 Å². The van der Waals surface area contributed by atoms with E-state index in [1.165, 1.54) is 12.8 Å². The van der Waals surface area contributed by atoms with Crippen molar-refractivity contribution >= 4 is 21.8 Å². The number of amides is 1. The normalized spacial score (nSPS) is 25.8. The zero-order chi connectivity index (χ0) is 9.84. The molecule has 0 spiro atoms. The molecule has 76 valence electrons. The van der Waals surface area contributed by atoms with Crippen molar-refractivity contribution in [3.63, 3.8) is 0 Å². The predicted octanol–water partition coefficient (Wildman–Crippen LogP) is 2.56. The molecule has 1 aliphatic rings. The molecule has 2 atom stereocenters. The number of rotatable bonds is 2. The molecule has 0 unspecified atom stereocenters. The summed E-state index contributed by atoms with van der Waals surface area (Å²) in [6.07, 6.45) is 4.47. The Morgan fingerprint density at radius 2 is 2.31 bits per heavy atom. The molecule has 0 aromatic rings. The first-order valence-corrected chi connectivity index (χ1v) is 6.03. The van der Waals surface area contributed by atoms with Crippen LogP contribution in [-0.4, -0.2) is 28.2 Å². The predicted molar refractivity (Wildman–Crippen MR) is 58.0 cm³/mol. The van der Waals surface area contributed by atoms with Crippen LogP contribution in [0.1, 0.15) is 39.5 Å². The van der Waals surface area contributed by atoms with E-state index in [1.54, 1.807) is 0 Å². The van der Waals surface area contributed by atoms with Gasteiger partial charge in [0.25, 0.3) is 0 Å². The lowest BCUT2D eigenvalue weighted by Crippen LogP contribution is -2.45. The summed E-state index contributed by atoms with van der Waals surface area (Å²) in [5, 5.41) is 0. The van der Waals surface area contributed by atoms with Gasteiger partial charge in [0.1, 0.15) is 0 Å². The second kappa shape index (κ2) is 4.99. The molecule has 0 aromatic heterocycles. The van der Waals surface area contributed by atoms with E-state index in [1.807, 2.05) is 11.8 Å². The van der Waals surface area contributed by atoms with Gasteiger partial charge in [-0.25, -0.2) is 0 Å². The van der Waals surface area contributed by atoms with Gasteiger partial charge in [-0.15, -0.1) is 0 Å².